The first kappa shape index (κ1) is 19.6. The van der Waals surface area contributed by atoms with Crippen molar-refractivity contribution in [2.24, 2.45) is 0 Å². The zero-order chi connectivity index (χ0) is 18.9. The highest BCUT2D eigenvalue weighted by Gasteiger charge is 2.22. The molecule has 0 aromatic heterocycles. The Labute approximate surface area is 151 Å². The monoisotopic (exact) mass is 360 g/mol. The van der Waals surface area contributed by atoms with E-state index in [2.05, 4.69) is 41.5 Å². The molecule has 0 bridgehead atoms. The Kier molecular flexibility index (Phi) is 5.39. The summed E-state index contributed by atoms with van der Waals surface area (Å²) in [7, 11) is -3.25. The molecule has 0 unspecified atom stereocenters. The van der Waals surface area contributed by atoms with Crippen molar-refractivity contribution in [2.45, 2.75) is 52.4 Å². The maximum atomic E-state index is 12.7. The first-order valence-electron chi connectivity index (χ1n) is 8.55. The molecular formula is C21H29O3P. The fourth-order valence-electron chi connectivity index (χ4n) is 2.43. The molecule has 0 atom stereocenters. The molecule has 0 fully saturated rings. The number of hydrogen-bond acceptors (Lipinski definition) is 3. The molecule has 3 nitrogen and oxygen atoms in total. The Balaban J connectivity index is 2.08. The van der Waals surface area contributed by atoms with E-state index in [0.717, 1.165) is 0 Å². The van der Waals surface area contributed by atoms with Gasteiger partial charge in [-0.3, -0.25) is 0 Å². The van der Waals surface area contributed by atoms with Crippen LogP contribution in [0.1, 0.15) is 52.7 Å². The summed E-state index contributed by atoms with van der Waals surface area (Å²) in [5, 5.41) is 0. The average molecular weight is 360 g/mol. The SMILES string of the molecule is CC(C)(C)c1ccc(OP(C)(=O)Oc2ccc(C(C)(C)C)cc2)cc1. The zero-order valence-electron chi connectivity index (χ0n) is 16.3. The Hall–Kier alpha value is -1.73. The van der Waals surface area contributed by atoms with E-state index in [-0.39, 0.29) is 10.8 Å². The third kappa shape index (κ3) is 5.64. The van der Waals surface area contributed by atoms with Crippen LogP contribution in [0, 0.1) is 0 Å². The highest BCUT2D eigenvalue weighted by Crippen LogP contribution is 2.45. The molecule has 0 saturated heterocycles. The summed E-state index contributed by atoms with van der Waals surface area (Å²) in [5.41, 5.74) is 2.54. The normalized spacial score (nSPS) is 12.8. The molecule has 136 valence electrons. The van der Waals surface area contributed by atoms with Crippen molar-refractivity contribution in [3.63, 3.8) is 0 Å². The minimum atomic E-state index is -3.25. The molecule has 0 N–H and O–H groups in total. The van der Waals surface area contributed by atoms with Crippen LogP contribution in [0.5, 0.6) is 11.5 Å². The highest BCUT2D eigenvalue weighted by atomic mass is 31.2. The molecule has 0 spiro atoms. The van der Waals surface area contributed by atoms with Gasteiger partial charge in [0.15, 0.2) is 0 Å². The van der Waals surface area contributed by atoms with Crippen LogP contribution in [0.3, 0.4) is 0 Å². The second kappa shape index (κ2) is 6.88. The minimum absolute atomic E-state index is 0.0692. The van der Waals surface area contributed by atoms with E-state index in [1.54, 1.807) is 0 Å². The van der Waals surface area contributed by atoms with E-state index in [1.165, 1.54) is 17.8 Å². The molecule has 0 aliphatic rings. The van der Waals surface area contributed by atoms with Crippen molar-refractivity contribution in [3.8, 4) is 11.5 Å². The van der Waals surface area contributed by atoms with Gasteiger partial charge >= 0.3 is 7.60 Å². The van der Waals surface area contributed by atoms with E-state index in [4.69, 9.17) is 9.05 Å². The lowest BCUT2D eigenvalue weighted by atomic mass is 9.87. The van der Waals surface area contributed by atoms with Crippen molar-refractivity contribution in [3.05, 3.63) is 59.7 Å². The van der Waals surface area contributed by atoms with Gasteiger partial charge in [0.25, 0.3) is 0 Å². The van der Waals surface area contributed by atoms with E-state index in [0.29, 0.717) is 11.5 Å². The summed E-state index contributed by atoms with van der Waals surface area (Å²) in [5.74, 6) is 1.09. The van der Waals surface area contributed by atoms with Crippen LogP contribution in [0.4, 0.5) is 0 Å². The summed E-state index contributed by atoms with van der Waals surface area (Å²) < 4.78 is 23.9. The fourth-order valence-corrected chi connectivity index (χ4v) is 3.48. The summed E-state index contributed by atoms with van der Waals surface area (Å²) in [4.78, 5) is 0. The summed E-state index contributed by atoms with van der Waals surface area (Å²) in [6.45, 7) is 14.4. The lowest BCUT2D eigenvalue weighted by Crippen LogP contribution is -2.10. The van der Waals surface area contributed by atoms with Crippen LogP contribution in [-0.2, 0) is 15.4 Å². The lowest BCUT2D eigenvalue weighted by molar-refractivity contribution is 0.393. The van der Waals surface area contributed by atoms with E-state index < -0.39 is 7.60 Å². The largest absolute Gasteiger partial charge is 0.427 e. The minimum Gasteiger partial charge on any atom is -0.416 e. The second-order valence-electron chi connectivity index (χ2n) is 8.50. The van der Waals surface area contributed by atoms with E-state index in [1.807, 2.05) is 48.5 Å². The molecule has 25 heavy (non-hydrogen) atoms. The molecule has 0 aliphatic heterocycles. The molecule has 0 heterocycles. The van der Waals surface area contributed by atoms with Gasteiger partial charge in [-0.1, -0.05) is 65.8 Å². The third-order valence-electron chi connectivity index (χ3n) is 3.98. The lowest BCUT2D eigenvalue weighted by Gasteiger charge is -2.21. The van der Waals surface area contributed by atoms with Crippen LogP contribution in [0.2, 0.25) is 0 Å². The van der Waals surface area contributed by atoms with Crippen LogP contribution >= 0.6 is 7.60 Å². The highest BCUT2D eigenvalue weighted by molar-refractivity contribution is 7.53. The van der Waals surface area contributed by atoms with Gasteiger partial charge in [-0.05, 0) is 46.2 Å². The van der Waals surface area contributed by atoms with Gasteiger partial charge in [0.05, 0.1) is 6.66 Å². The Morgan fingerprint density at radius 2 is 0.920 bits per heavy atom. The molecule has 0 aliphatic carbocycles. The van der Waals surface area contributed by atoms with Crippen molar-refractivity contribution < 1.29 is 13.6 Å². The summed E-state index contributed by atoms with van der Waals surface area (Å²) in [6.07, 6.45) is 0. The topological polar surface area (TPSA) is 35.5 Å². The van der Waals surface area contributed by atoms with Gasteiger partial charge < -0.3 is 9.05 Å². The molecule has 0 amide bonds. The van der Waals surface area contributed by atoms with E-state index >= 15 is 0 Å². The molecular weight excluding hydrogens is 331 g/mol. The first-order valence-corrected chi connectivity index (χ1v) is 10.5. The molecule has 0 saturated carbocycles. The second-order valence-corrected chi connectivity index (χ2v) is 10.4. The molecule has 2 aromatic carbocycles. The van der Waals surface area contributed by atoms with Crippen molar-refractivity contribution >= 4 is 7.60 Å². The van der Waals surface area contributed by atoms with Crippen molar-refractivity contribution in [1.82, 2.24) is 0 Å². The van der Waals surface area contributed by atoms with Crippen LogP contribution in [0.15, 0.2) is 48.5 Å². The van der Waals surface area contributed by atoms with Gasteiger partial charge in [-0.15, -0.1) is 0 Å². The Bertz CT molecular complexity index is 684. The van der Waals surface area contributed by atoms with Crippen LogP contribution < -0.4 is 9.05 Å². The fraction of sp³-hybridized carbons (Fsp3) is 0.429. The predicted molar refractivity (Wildman–Crippen MR) is 105 cm³/mol. The average Bonchev–Trinajstić information content (AvgIpc) is 2.45. The number of hydrogen-bond donors (Lipinski definition) is 0. The quantitative estimate of drug-likeness (QED) is 0.579. The van der Waals surface area contributed by atoms with Gasteiger partial charge in [-0.25, -0.2) is 4.57 Å². The van der Waals surface area contributed by atoms with Crippen molar-refractivity contribution in [1.29, 1.82) is 0 Å². The van der Waals surface area contributed by atoms with Gasteiger partial charge in [0.1, 0.15) is 11.5 Å². The standard InChI is InChI=1S/C21H29O3P/c1-20(2,3)16-8-12-18(13-9-16)23-25(7,22)24-19-14-10-17(11-15-19)21(4,5)6/h8-15H,1-7H3. The van der Waals surface area contributed by atoms with Crippen LogP contribution in [-0.4, -0.2) is 6.66 Å². The Morgan fingerprint density at radius 3 is 1.16 bits per heavy atom. The zero-order valence-corrected chi connectivity index (χ0v) is 17.2. The molecule has 4 heteroatoms. The van der Waals surface area contributed by atoms with Crippen LogP contribution in [0.25, 0.3) is 0 Å². The summed E-state index contributed by atoms with van der Waals surface area (Å²) in [6, 6.07) is 15.3. The molecule has 2 aromatic rings. The van der Waals surface area contributed by atoms with Crippen molar-refractivity contribution in [2.75, 3.05) is 6.66 Å². The van der Waals surface area contributed by atoms with Gasteiger partial charge in [0.2, 0.25) is 0 Å². The maximum absolute atomic E-state index is 12.7. The first-order chi connectivity index (χ1) is 11.4. The predicted octanol–water partition coefficient (Wildman–Crippen LogP) is 6.56. The molecule has 2 rings (SSSR count). The third-order valence-corrected chi connectivity index (χ3v) is 5.07. The molecule has 0 radical (unpaired) electrons. The summed E-state index contributed by atoms with van der Waals surface area (Å²) >= 11 is 0. The smallest absolute Gasteiger partial charge is 0.416 e. The van der Waals surface area contributed by atoms with E-state index in [9.17, 15) is 4.57 Å². The number of benzene rings is 2. The maximum Gasteiger partial charge on any atom is 0.427 e. The Morgan fingerprint density at radius 1 is 0.640 bits per heavy atom. The van der Waals surface area contributed by atoms with Gasteiger partial charge in [-0.2, -0.15) is 0 Å². The number of rotatable bonds is 4. The van der Waals surface area contributed by atoms with Gasteiger partial charge in [0, 0.05) is 0 Å².